The Hall–Kier alpha value is -1.70. The molecule has 0 aromatic heterocycles. The molecule has 2 rings (SSSR count). The fraction of sp³-hybridized carbons (Fsp3) is 0.556. The van der Waals surface area contributed by atoms with E-state index in [0.29, 0.717) is 16.6 Å². The number of nitrogens with one attached hydrogen (secondary N) is 2. The summed E-state index contributed by atoms with van der Waals surface area (Å²) in [5, 5.41) is 3.64. The molecule has 1 saturated heterocycles. The van der Waals surface area contributed by atoms with Crippen LogP contribution in [0.15, 0.2) is 18.2 Å². The first kappa shape index (κ1) is 21.6. The molecule has 1 aromatic rings. The van der Waals surface area contributed by atoms with Gasteiger partial charge in [0.05, 0.1) is 23.2 Å². The Kier molecular flexibility index (Phi) is 7.19. The van der Waals surface area contributed by atoms with E-state index >= 15 is 0 Å². The first-order valence-corrected chi connectivity index (χ1v) is 9.39. The highest BCUT2D eigenvalue weighted by Gasteiger charge is 2.40. The van der Waals surface area contributed by atoms with Gasteiger partial charge in [-0.2, -0.15) is 0 Å². The number of carbonyl (C=O) groups is 2. The lowest BCUT2D eigenvalue weighted by molar-refractivity contribution is 0.0219. The molecule has 1 fully saturated rings. The van der Waals surface area contributed by atoms with E-state index in [1.54, 1.807) is 17.0 Å². The van der Waals surface area contributed by atoms with E-state index in [-0.39, 0.29) is 18.5 Å². The van der Waals surface area contributed by atoms with Crippen LogP contribution in [0.1, 0.15) is 38.7 Å². The SMILES string of the molecule is CONC(=O)NCC1C(c2ccc(Cl)c(Cl)c2)CCN1C(=O)OC(C)(C)C. The van der Waals surface area contributed by atoms with Gasteiger partial charge in [-0.15, -0.1) is 0 Å². The Balaban J connectivity index is 2.22. The van der Waals surface area contributed by atoms with Crippen molar-refractivity contribution in [3.8, 4) is 0 Å². The van der Waals surface area contributed by atoms with Gasteiger partial charge in [0.1, 0.15) is 5.60 Å². The van der Waals surface area contributed by atoms with Crippen molar-refractivity contribution in [3.05, 3.63) is 33.8 Å². The molecular formula is C18H25Cl2N3O4. The van der Waals surface area contributed by atoms with Crippen LogP contribution in [-0.4, -0.2) is 48.9 Å². The van der Waals surface area contributed by atoms with Crippen LogP contribution in [-0.2, 0) is 9.57 Å². The summed E-state index contributed by atoms with van der Waals surface area (Å²) in [4.78, 5) is 30.6. The molecule has 0 bridgehead atoms. The number of hydroxylamine groups is 1. The molecule has 9 heteroatoms. The van der Waals surface area contributed by atoms with Crippen molar-refractivity contribution in [2.45, 2.75) is 44.8 Å². The molecule has 2 atom stereocenters. The molecular weight excluding hydrogens is 393 g/mol. The van der Waals surface area contributed by atoms with Gasteiger partial charge < -0.3 is 15.0 Å². The molecule has 2 N–H and O–H groups in total. The van der Waals surface area contributed by atoms with Gasteiger partial charge in [0.2, 0.25) is 0 Å². The largest absolute Gasteiger partial charge is 0.444 e. The monoisotopic (exact) mass is 417 g/mol. The highest BCUT2D eigenvalue weighted by molar-refractivity contribution is 6.42. The second-order valence-electron chi connectivity index (χ2n) is 7.33. The Morgan fingerprint density at radius 2 is 1.96 bits per heavy atom. The van der Waals surface area contributed by atoms with Crippen LogP contribution in [0.3, 0.4) is 0 Å². The van der Waals surface area contributed by atoms with E-state index in [4.69, 9.17) is 27.9 Å². The summed E-state index contributed by atoms with van der Waals surface area (Å²) in [6.45, 7) is 6.20. The summed E-state index contributed by atoms with van der Waals surface area (Å²) >= 11 is 12.2. The zero-order chi connectivity index (χ0) is 20.2. The molecule has 0 radical (unpaired) electrons. The molecule has 0 aliphatic carbocycles. The number of hydrogen-bond acceptors (Lipinski definition) is 4. The molecule has 150 valence electrons. The van der Waals surface area contributed by atoms with Crippen molar-refractivity contribution in [3.63, 3.8) is 0 Å². The third-order valence-corrected chi connectivity index (χ3v) is 4.95. The number of urea groups is 1. The normalized spacial score (nSPS) is 19.7. The summed E-state index contributed by atoms with van der Waals surface area (Å²) in [6.07, 6.45) is 0.305. The van der Waals surface area contributed by atoms with Crippen LogP contribution in [0.5, 0.6) is 0 Å². The molecule has 1 aliphatic rings. The van der Waals surface area contributed by atoms with Crippen LogP contribution in [0.4, 0.5) is 9.59 Å². The molecule has 1 aromatic carbocycles. The van der Waals surface area contributed by atoms with E-state index in [0.717, 1.165) is 12.0 Å². The molecule has 3 amide bonds. The van der Waals surface area contributed by atoms with Gasteiger partial charge >= 0.3 is 12.1 Å². The Morgan fingerprint density at radius 1 is 1.26 bits per heavy atom. The number of amides is 3. The van der Waals surface area contributed by atoms with Gasteiger partial charge in [-0.05, 0) is 44.9 Å². The molecule has 27 heavy (non-hydrogen) atoms. The van der Waals surface area contributed by atoms with Crippen molar-refractivity contribution in [1.82, 2.24) is 15.7 Å². The summed E-state index contributed by atoms with van der Waals surface area (Å²) < 4.78 is 5.52. The van der Waals surface area contributed by atoms with Crippen LogP contribution >= 0.6 is 23.2 Å². The van der Waals surface area contributed by atoms with Crippen molar-refractivity contribution in [2.75, 3.05) is 20.2 Å². The number of benzene rings is 1. The summed E-state index contributed by atoms with van der Waals surface area (Å²) in [5.74, 6) is -0.0184. The summed E-state index contributed by atoms with van der Waals surface area (Å²) in [7, 11) is 1.35. The number of carbonyl (C=O) groups excluding carboxylic acids is 2. The van der Waals surface area contributed by atoms with Gasteiger partial charge in [0, 0.05) is 19.0 Å². The van der Waals surface area contributed by atoms with Gasteiger partial charge in [-0.25, -0.2) is 15.1 Å². The molecule has 1 aliphatic heterocycles. The van der Waals surface area contributed by atoms with Gasteiger partial charge in [-0.3, -0.25) is 4.84 Å². The van der Waals surface area contributed by atoms with E-state index in [2.05, 4.69) is 15.6 Å². The van der Waals surface area contributed by atoms with Gasteiger partial charge in [0.15, 0.2) is 0 Å². The average Bonchev–Trinajstić information content (AvgIpc) is 2.98. The summed E-state index contributed by atoms with van der Waals surface area (Å²) in [6, 6.07) is 4.65. The van der Waals surface area contributed by atoms with E-state index < -0.39 is 17.7 Å². The third kappa shape index (κ3) is 5.89. The van der Waals surface area contributed by atoms with Crippen LogP contribution < -0.4 is 10.8 Å². The zero-order valence-electron chi connectivity index (χ0n) is 15.8. The molecule has 7 nitrogen and oxygen atoms in total. The minimum absolute atomic E-state index is 0.0184. The standard InChI is InChI=1S/C18H25Cl2N3O4/c1-18(2,3)27-17(25)23-8-7-12(11-5-6-13(19)14(20)9-11)15(23)10-21-16(24)22-26-4/h5-6,9,12,15H,7-8,10H2,1-4H3,(H2,21,22,24). The van der Waals surface area contributed by atoms with Crippen molar-refractivity contribution < 1.29 is 19.2 Å². The van der Waals surface area contributed by atoms with Gasteiger partial charge in [-0.1, -0.05) is 29.3 Å². The highest BCUT2D eigenvalue weighted by atomic mass is 35.5. The first-order valence-electron chi connectivity index (χ1n) is 8.63. The maximum atomic E-state index is 12.6. The highest BCUT2D eigenvalue weighted by Crippen LogP contribution is 2.36. The fourth-order valence-electron chi connectivity index (χ4n) is 3.11. The van der Waals surface area contributed by atoms with Gasteiger partial charge in [0.25, 0.3) is 0 Å². The number of ether oxygens (including phenoxy) is 1. The Morgan fingerprint density at radius 3 is 2.56 bits per heavy atom. The fourth-order valence-corrected chi connectivity index (χ4v) is 3.42. The average molecular weight is 418 g/mol. The Bertz CT molecular complexity index is 694. The number of nitrogens with zero attached hydrogens (tertiary/aromatic N) is 1. The number of halogens is 2. The minimum Gasteiger partial charge on any atom is -0.444 e. The van der Waals surface area contributed by atoms with E-state index in [1.165, 1.54) is 7.11 Å². The van der Waals surface area contributed by atoms with Crippen LogP contribution in [0.25, 0.3) is 0 Å². The van der Waals surface area contributed by atoms with Crippen molar-refractivity contribution in [1.29, 1.82) is 0 Å². The number of likely N-dealkylation sites (tertiary alicyclic amines) is 1. The molecule has 0 saturated carbocycles. The van der Waals surface area contributed by atoms with Crippen molar-refractivity contribution in [2.24, 2.45) is 0 Å². The smallest absolute Gasteiger partial charge is 0.410 e. The third-order valence-electron chi connectivity index (χ3n) is 4.21. The second-order valence-corrected chi connectivity index (χ2v) is 8.14. The number of rotatable bonds is 4. The lowest BCUT2D eigenvalue weighted by atomic mass is 9.91. The lowest BCUT2D eigenvalue weighted by Gasteiger charge is -2.31. The lowest BCUT2D eigenvalue weighted by Crippen LogP contribution is -2.48. The maximum Gasteiger partial charge on any atom is 0.410 e. The maximum absolute atomic E-state index is 12.6. The predicted molar refractivity (Wildman–Crippen MR) is 104 cm³/mol. The minimum atomic E-state index is -0.607. The number of hydrogen-bond donors (Lipinski definition) is 2. The first-order chi connectivity index (χ1) is 12.6. The quantitative estimate of drug-likeness (QED) is 0.726. The van der Waals surface area contributed by atoms with Crippen molar-refractivity contribution >= 4 is 35.3 Å². The predicted octanol–water partition coefficient (Wildman–Crippen LogP) is 3.95. The topological polar surface area (TPSA) is 79.9 Å². The Labute approximate surface area is 169 Å². The van der Waals surface area contributed by atoms with Crippen LogP contribution in [0, 0.1) is 0 Å². The second kappa shape index (κ2) is 8.99. The molecule has 0 spiro atoms. The zero-order valence-corrected chi connectivity index (χ0v) is 17.4. The molecule has 2 unspecified atom stereocenters. The summed E-state index contributed by atoms with van der Waals surface area (Å²) in [5.41, 5.74) is 2.55. The molecule has 1 heterocycles. The van der Waals surface area contributed by atoms with Crippen LogP contribution in [0.2, 0.25) is 10.0 Å². The van der Waals surface area contributed by atoms with E-state index in [9.17, 15) is 9.59 Å². The van der Waals surface area contributed by atoms with E-state index in [1.807, 2.05) is 26.8 Å².